The van der Waals surface area contributed by atoms with Crippen LogP contribution in [-0.2, 0) is 5.54 Å². The Hall–Kier alpha value is -0.610. The zero-order valence-electron chi connectivity index (χ0n) is 8.80. The fraction of sp³-hybridized carbons (Fsp3) is 0.500. The van der Waals surface area contributed by atoms with Crippen LogP contribution in [0.25, 0.3) is 0 Å². The van der Waals surface area contributed by atoms with Gasteiger partial charge in [0.05, 0.1) is 10.6 Å². The molecule has 0 heterocycles. The molecule has 0 unspecified atom stereocenters. The zero-order chi connectivity index (χ0) is 11.3. The van der Waals surface area contributed by atoms with E-state index < -0.39 is 0 Å². The van der Waals surface area contributed by atoms with E-state index in [-0.39, 0.29) is 11.4 Å². The van der Waals surface area contributed by atoms with Crippen molar-refractivity contribution >= 4 is 15.9 Å². The molecule has 3 rings (SSSR count). The minimum Gasteiger partial charge on any atom is -0.489 e. The molecular weight excluding hydrogens is 273 g/mol. The second kappa shape index (κ2) is 3.44. The molecule has 1 aromatic rings. The van der Waals surface area contributed by atoms with Gasteiger partial charge in [-0.2, -0.15) is 0 Å². The summed E-state index contributed by atoms with van der Waals surface area (Å²) in [6.07, 6.45) is 4.28. The van der Waals surface area contributed by atoms with Gasteiger partial charge in [-0.25, -0.2) is 4.39 Å². The summed E-state index contributed by atoms with van der Waals surface area (Å²) in [5, 5.41) is 0. The Labute approximate surface area is 102 Å². The third-order valence-corrected chi connectivity index (χ3v) is 3.73. The molecule has 0 spiro atoms. The van der Waals surface area contributed by atoms with Crippen molar-refractivity contribution < 1.29 is 9.13 Å². The lowest BCUT2D eigenvalue weighted by Gasteiger charge is -2.17. The van der Waals surface area contributed by atoms with Gasteiger partial charge in [-0.3, -0.25) is 0 Å². The Balaban J connectivity index is 2.04. The van der Waals surface area contributed by atoms with Gasteiger partial charge >= 0.3 is 0 Å². The second-order valence-corrected chi connectivity index (χ2v) is 5.59. The minimum absolute atomic E-state index is 0.262. The van der Waals surface area contributed by atoms with Crippen LogP contribution in [0.15, 0.2) is 16.6 Å². The Bertz CT molecular complexity index is 441. The van der Waals surface area contributed by atoms with Crippen LogP contribution in [0.5, 0.6) is 5.75 Å². The fourth-order valence-electron chi connectivity index (χ4n) is 1.81. The molecule has 2 aliphatic carbocycles. The lowest BCUT2D eigenvalue weighted by atomic mass is 10.0. The van der Waals surface area contributed by atoms with Crippen molar-refractivity contribution in [1.82, 2.24) is 0 Å². The average molecular weight is 286 g/mol. The summed E-state index contributed by atoms with van der Waals surface area (Å²) in [7, 11) is 0. The number of halogens is 2. The molecule has 1 aromatic carbocycles. The maximum absolute atomic E-state index is 13.4. The predicted molar refractivity (Wildman–Crippen MR) is 62.8 cm³/mol. The van der Waals surface area contributed by atoms with E-state index in [4.69, 9.17) is 10.5 Å². The van der Waals surface area contributed by atoms with Gasteiger partial charge in [0.25, 0.3) is 0 Å². The van der Waals surface area contributed by atoms with Crippen molar-refractivity contribution in [3.63, 3.8) is 0 Å². The molecule has 0 aliphatic heterocycles. The molecular formula is C12H13BrFNO. The number of hydrogen-bond acceptors (Lipinski definition) is 2. The highest BCUT2D eigenvalue weighted by Crippen LogP contribution is 2.49. The van der Waals surface area contributed by atoms with Gasteiger partial charge in [0.2, 0.25) is 0 Å². The van der Waals surface area contributed by atoms with Crippen molar-refractivity contribution in [2.45, 2.75) is 37.3 Å². The molecule has 2 nitrogen and oxygen atoms in total. The number of ether oxygens (including phenoxy) is 1. The third-order valence-electron chi connectivity index (χ3n) is 3.14. The van der Waals surface area contributed by atoms with Crippen LogP contribution < -0.4 is 10.5 Å². The van der Waals surface area contributed by atoms with Crippen LogP contribution in [0.1, 0.15) is 31.2 Å². The molecule has 4 heteroatoms. The van der Waals surface area contributed by atoms with E-state index in [0.717, 1.165) is 37.0 Å². The predicted octanol–water partition coefficient (Wildman–Crippen LogP) is 3.08. The van der Waals surface area contributed by atoms with Crippen molar-refractivity contribution in [3.05, 3.63) is 28.0 Å². The van der Waals surface area contributed by atoms with Gasteiger partial charge < -0.3 is 10.5 Å². The lowest BCUT2D eigenvalue weighted by molar-refractivity contribution is 0.294. The van der Waals surface area contributed by atoms with Crippen LogP contribution in [0.2, 0.25) is 0 Å². The maximum Gasteiger partial charge on any atom is 0.139 e. The summed E-state index contributed by atoms with van der Waals surface area (Å²) in [6.45, 7) is 0. The van der Waals surface area contributed by atoms with Crippen LogP contribution in [0, 0.1) is 5.82 Å². The van der Waals surface area contributed by atoms with E-state index in [1.54, 1.807) is 0 Å². The minimum atomic E-state index is -0.366. The smallest absolute Gasteiger partial charge is 0.139 e. The fourth-order valence-corrected chi connectivity index (χ4v) is 2.33. The molecule has 0 amide bonds. The number of rotatable bonds is 3. The van der Waals surface area contributed by atoms with E-state index >= 15 is 0 Å². The van der Waals surface area contributed by atoms with E-state index in [1.165, 1.54) is 12.1 Å². The zero-order valence-corrected chi connectivity index (χ0v) is 10.4. The standard InChI is InChI=1S/C12H13BrFNO/c13-10-6-7(14)5-9(12(15)3-4-12)11(10)16-8-1-2-8/h5-6,8H,1-4,15H2. The number of nitrogens with two attached hydrogens (primary N) is 1. The Morgan fingerprint density at radius 1 is 1.38 bits per heavy atom. The monoisotopic (exact) mass is 285 g/mol. The van der Waals surface area contributed by atoms with E-state index in [9.17, 15) is 4.39 Å². The third kappa shape index (κ3) is 1.84. The van der Waals surface area contributed by atoms with Crippen molar-refractivity contribution in [2.24, 2.45) is 5.73 Å². The number of hydrogen-bond donors (Lipinski definition) is 1. The normalized spacial score (nSPS) is 21.9. The van der Waals surface area contributed by atoms with Crippen LogP contribution in [0.3, 0.4) is 0 Å². The summed E-state index contributed by atoms with van der Waals surface area (Å²) in [5.74, 6) is 0.477. The van der Waals surface area contributed by atoms with Gasteiger partial charge in [0.1, 0.15) is 11.6 Å². The second-order valence-electron chi connectivity index (χ2n) is 4.74. The van der Waals surface area contributed by atoms with Gasteiger partial charge in [-0.05, 0) is 53.7 Å². The van der Waals surface area contributed by atoms with Crippen LogP contribution >= 0.6 is 15.9 Å². The first-order valence-corrected chi connectivity index (χ1v) is 6.33. The molecule has 2 N–H and O–H groups in total. The first kappa shape index (κ1) is 10.5. The SMILES string of the molecule is NC1(c2cc(F)cc(Br)c2OC2CC2)CC1. The molecule has 86 valence electrons. The van der Waals surface area contributed by atoms with Crippen molar-refractivity contribution in [2.75, 3.05) is 0 Å². The van der Waals surface area contributed by atoms with Gasteiger partial charge in [-0.1, -0.05) is 0 Å². The summed E-state index contributed by atoms with van der Waals surface area (Å²) in [6, 6.07) is 2.95. The first-order chi connectivity index (χ1) is 7.58. The molecule has 0 aromatic heterocycles. The molecule has 0 bridgehead atoms. The highest BCUT2D eigenvalue weighted by atomic mass is 79.9. The average Bonchev–Trinajstić information content (AvgIpc) is 3.08. The summed E-state index contributed by atoms with van der Waals surface area (Å²) >= 11 is 3.35. The van der Waals surface area contributed by atoms with E-state index in [2.05, 4.69) is 15.9 Å². The van der Waals surface area contributed by atoms with E-state index in [0.29, 0.717) is 10.6 Å². The topological polar surface area (TPSA) is 35.2 Å². The molecule has 16 heavy (non-hydrogen) atoms. The van der Waals surface area contributed by atoms with E-state index in [1.807, 2.05) is 0 Å². The van der Waals surface area contributed by atoms with Gasteiger partial charge in [-0.15, -0.1) is 0 Å². The van der Waals surface area contributed by atoms with Gasteiger partial charge in [0, 0.05) is 11.1 Å². The van der Waals surface area contributed by atoms with Crippen LogP contribution in [0.4, 0.5) is 4.39 Å². The number of benzene rings is 1. The lowest BCUT2D eigenvalue weighted by Crippen LogP contribution is -2.20. The van der Waals surface area contributed by atoms with Crippen LogP contribution in [-0.4, -0.2) is 6.10 Å². The highest BCUT2D eigenvalue weighted by Gasteiger charge is 2.43. The Morgan fingerprint density at radius 3 is 2.62 bits per heavy atom. The molecule has 0 radical (unpaired) electrons. The highest BCUT2D eigenvalue weighted by molar-refractivity contribution is 9.10. The molecule has 2 saturated carbocycles. The Kier molecular flexibility index (Phi) is 2.27. The summed E-state index contributed by atoms with van der Waals surface area (Å²) in [4.78, 5) is 0. The molecule has 0 atom stereocenters. The molecule has 2 aliphatic rings. The first-order valence-electron chi connectivity index (χ1n) is 5.53. The van der Waals surface area contributed by atoms with Gasteiger partial charge in [0.15, 0.2) is 0 Å². The quantitative estimate of drug-likeness (QED) is 0.926. The molecule has 2 fully saturated rings. The van der Waals surface area contributed by atoms with Crippen molar-refractivity contribution in [1.29, 1.82) is 0 Å². The largest absolute Gasteiger partial charge is 0.489 e. The van der Waals surface area contributed by atoms with Crippen molar-refractivity contribution in [3.8, 4) is 5.75 Å². The molecule has 0 saturated heterocycles. The summed E-state index contributed by atoms with van der Waals surface area (Å²) < 4.78 is 19.9. The Morgan fingerprint density at radius 2 is 2.06 bits per heavy atom. The maximum atomic E-state index is 13.4. The summed E-state index contributed by atoms with van der Waals surface area (Å²) in [5.41, 5.74) is 6.58.